The zero-order valence-electron chi connectivity index (χ0n) is 24.3. The van der Waals surface area contributed by atoms with Gasteiger partial charge < -0.3 is 25.1 Å². The Bertz CT molecular complexity index is 837. The molecule has 2 aliphatic rings. The molecular formula is C27H49N2O9P. The number of hydrogen-bond donors (Lipinski definition) is 2. The Balaban J connectivity index is 2.09. The summed E-state index contributed by atoms with van der Waals surface area (Å²) in [7, 11) is -4.10. The molecule has 11 atom stereocenters. The van der Waals surface area contributed by atoms with E-state index in [-0.39, 0.29) is 73.9 Å². The van der Waals surface area contributed by atoms with Crippen molar-refractivity contribution in [2.45, 2.75) is 110 Å². The molecule has 2 fully saturated rings. The highest BCUT2D eigenvalue weighted by Gasteiger charge is 2.47. The topological polar surface area (TPSA) is 160 Å². The van der Waals surface area contributed by atoms with E-state index in [4.69, 9.17) is 38.8 Å². The standard InChI is InChI=1S/C27H49N2O9P/c1-7-21-26(31)19(5)17(3)24(36-21)16-35-39(32,34-14-10-12-28)38-27-20(6)18(4)23(37-22(27)8-2)15-33-13-9-11-25(29)30/h17-24,26-27,31H,7-11,13-16H2,1-6H3,(H2,29,30)/t17?,18?,19-,20-,21-,22-,23+,24+,26?,27?,39?/m1/s1. The summed E-state index contributed by atoms with van der Waals surface area (Å²) < 4.78 is 49.6. The van der Waals surface area contributed by atoms with E-state index < -0.39 is 26.1 Å². The molecule has 3 N–H and O–H groups in total. The summed E-state index contributed by atoms with van der Waals surface area (Å²) in [5, 5.41) is 19.5. The number of primary amides is 1. The highest BCUT2D eigenvalue weighted by molar-refractivity contribution is 7.48. The van der Waals surface area contributed by atoms with Crippen LogP contribution in [0.4, 0.5) is 0 Å². The molecule has 39 heavy (non-hydrogen) atoms. The van der Waals surface area contributed by atoms with E-state index in [0.717, 1.165) is 0 Å². The first-order valence-electron chi connectivity index (χ1n) is 14.3. The number of rotatable bonds is 16. The summed E-state index contributed by atoms with van der Waals surface area (Å²) in [6, 6.07) is 1.98. The maximum Gasteiger partial charge on any atom is 0.475 e. The highest BCUT2D eigenvalue weighted by Crippen LogP contribution is 2.54. The third-order valence-corrected chi connectivity index (χ3v) is 9.71. The second kappa shape index (κ2) is 16.4. The van der Waals surface area contributed by atoms with Crippen molar-refractivity contribution in [2.24, 2.45) is 29.4 Å². The van der Waals surface area contributed by atoms with Gasteiger partial charge in [-0.1, -0.05) is 41.5 Å². The number of phosphoric acid groups is 1. The number of ether oxygens (including phenoxy) is 3. The number of nitriles is 1. The van der Waals surface area contributed by atoms with E-state index in [1.807, 2.05) is 47.6 Å². The number of hydrogen-bond acceptors (Lipinski definition) is 10. The fourth-order valence-corrected chi connectivity index (χ4v) is 6.66. The van der Waals surface area contributed by atoms with Crippen LogP contribution in [-0.2, 0) is 37.1 Å². The van der Waals surface area contributed by atoms with Crippen molar-refractivity contribution < 1.29 is 42.2 Å². The van der Waals surface area contributed by atoms with Crippen LogP contribution in [-0.4, -0.2) is 74.1 Å². The second-order valence-corrected chi connectivity index (χ2v) is 12.5. The van der Waals surface area contributed by atoms with Crippen LogP contribution in [0.5, 0.6) is 0 Å². The predicted octanol–water partition coefficient (Wildman–Crippen LogP) is 3.97. The van der Waals surface area contributed by atoms with Gasteiger partial charge in [-0.3, -0.25) is 18.4 Å². The summed E-state index contributed by atoms with van der Waals surface area (Å²) >= 11 is 0. The number of phosphoric ester groups is 1. The van der Waals surface area contributed by atoms with Crippen LogP contribution in [0.1, 0.15) is 73.6 Å². The zero-order valence-corrected chi connectivity index (χ0v) is 25.2. The lowest BCUT2D eigenvalue weighted by atomic mass is 9.81. The normalized spacial score (nSPS) is 36.7. The molecule has 5 unspecified atom stereocenters. The first-order chi connectivity index (χ1) is 18.5. The molecule has 0 saturated carbocycles. The molecular weight excluding hydrogens is 527 g/mol. The van der Waals surface area contributed by atoms with Crippen LogP contribution in [0.25, 0.3) is 0 Å². The SMILES string of the molecule is CC[C@H]1O[C@@H](COP(=O)(OCCC#N)OC2[C@H](C)C(C)[C@H](COCCCC(N)=O)O[C@@H]2CC)C(C)[C@@H](C)C1O. The Morgan fingerprint density at radius 3 is 2.15 bits per heavy atom. The number of nitrogens with two attached hydrogens (primary N) is 1. The summed E-state index contributed by atoms with van der Waals surface area (Å²) in [5.41, 5.74) is 5.18. The second-order valence-electron chi connectivity index (χ2n) is 10.9. The van der Waals surface area contributed by atoms with Crippen LogP contribution < -0.4 is 5.73 Å². The Morgan fingerprint density at radius 1 is 0.923 bits per heavy atom. The van der Waals surface area contributed by atoms with Gasteiger partial charge in [0, 0.05) is 13.0 Å². The lowest BCUT2D eigenvalue weighted by Crippen LogP contribution is -2.51. The molecule has 0 aromatic rings. The highest BCUT2D eigenvalue weighted by atomic mass is 31.2. The largest absolute Gasteiger partial charge is 0.475 e. The molecule has 0 aromatic heterocycles. The Hall–Kier alpha value is -1.09. The molecule has 2 aliphatic heterocycles. The van der Waals surface area contributed by atoms with Gasteiger partial charge in [0.15, 0.2) is 0 Å². The Labute approximate surface area is 233 Å². The average Bonchev–Trinajstić information content (AvgIpc) is 2.90. The molecule has 0 aromatic carbocycles. The van der Waals surface area contributed by atoms with Gasteiger partial charge in [0.25, 0.3) is 0 Å². The number of carbonyl (C=O) groups excluding carboxylic acids is 1. The van der Waals surface area contributed by atoms with Crippen molar-refractivity contribution in [3.63, 3.8) is 0 Å². The first-order valence-corrected chi connectivity index (χ1v) is 15.7. The zero-order chi connectivity index (χ0) is 29.2. The van der Waals surface area contributed by atoms with Crippen LogP contribution >= 0.6 is 7.82 Å². The van der Waals surface area contributed by atoms with Gasteiger partial charge in [-0.05, 0) is 42.9 Å². The van der Waals surface area contributed by atoms with Crippen molar-refractivity contribution in [3.8, 4) is 6.07 Å². The van der Waals surface area contributed by atoms with Crippen molar-refractivity contribution >= 4 is 13.7 Å². The first kappa shape index (κ1) is 34.1. The average molecular weight is 577 g/mol. The van der Waals surface area contributed by atoms with Crippen LogP contribution in [0.3, 0.4) is 0 Å². The van der Waals surface area contributed by atoms with E-state index in [1.54, 1.807) is 0 Å². The molecule has 0 radical (unpaired) electrons. The number of amides is 1. The van der Waals surface area contributed by atoms with Gasteiger partial charge in [0.1, 0.15) is 0 Å². The number of nitrogens with zero attached hydrogens (tertiary/aromatic N) is 1. The van der Waals surface area contributed by atoms with Gasteiger partial charge in [0.2, 0.25) is 5.91 Å². The van der Waals surface area contributed by atoms with E-state index >= 15 is 0 Å². The molecule has 2 heterocycles. The lowest BCUT2D eigenvalue weighted by Gasteiger charge is -2.45. The predicted molar refractivity (Wildman–Crippen MR) is 144 cm³/mol. The molecule has 12 heteroatoms. The summed E-state index contributed by atoms with van der Waals surface area (Å²) in [4.78, 5) is 10.9. The number of carbonyl (C=O) groups is 1. The van der Waals surface area contributed by atoms with Crippen LogP contribution in [0.2, 0.25) is 0 Å². The quantitative estimate of drug-likeness (QED) is 0.203. The summed E-state index contributed by atoms with van der Waals surface area (Å²) in [6.07, 6.45) is -0.359. The molecule has 0 spiro atoms. The van der Waals surface area contributed by atoms with E-state index in [1.165, 1.54) is 0 Å². The van der Waals surface area contributed by atoms with E-state index in [2.05, 4.69) is 0 Å². The Morgan fingerprint density at radius 2 is 1.54 bits per heavy atom. The Kier molecular flexibility index (Phi) is 14.3. The monoisotopic (exact) mass is 576 g/mol. The number of aliphatic hydroxyl groups is 1. The molecule has 2 rings (SSSR count). The van der Waals surface area contributed by atoms with Crippen molar-refractivity contribution in [2.75, 3.05) is 26.4 Å². The smallest absolute Gasteiger partial charge is 0.390 e. The molecule has 0 bridgehead atoms. The molecule has 0 aliphatic carbocycles. The third kappa shape index (κ3) is 9.75. The van der Waals surface area contributed by atoms with Gasteiger partial charge in [-0.25, -0.2) is 4.57 Å². The summed E-state index contributed by atoms with van der Waals surface area (Å²) in [6.45, 7) is 12.5. The number of aliphatic hydroxyl groups excluding tert-OH is 1. The summed E-state index contributed by atoms with van der Waals surface area (Å²) in [5.74, 6) is -0.477. The maximum absolute atomic E-state index is 13.9. The maximum atomic E-state index is 13.9. The van der Waals surface area contributed by atoms with E-state index in [9.17, 15) is 14.5 Å². The van der Waals surface area contributed by atoms with Gasteiger partial charge in [0.05, 0.1) is 68.9 Å². The lowest BCUT2D eigenvalue weighted by molar-refractivity contribution is -0.188. The minimum absolute atomic E-state index is 0.0100. The fraction of sp³-hybridized carbons (Fsp3) is 0.926. The van der Waals surface area contributed by atoms with E-state index in [0.29, 0.717) is 32.5 Å². The van der Waals surface area contributed by atoms with Gasteiger partial charge >= 0.3 is 7.82 Å². The third-order valence-electron chi connectivity index (χ3n) is 8.24. The fourth-order valence-electron chi connectivity index (χ4n) is 5.19. The van der Waals surface area contributed by atoms with Crippen molar-refractivity contribution in [1.29, 1.82) is 5.26 Å². The molecule has 226 valence electrons. The van der Waals surface area contributed by atoms with Crippen molar-refractivity contribution in [3.05, 3.63) is 0 Å². The van der Waals surface area contributed by atoms with Crippen LogP contribution in [0.15, 0.2) is 0 Å². The van der Waals surface area contributed by atoms with Crippen molar-refractivity contribution in [1.82, 2.24) is 0 Å². The van der Waals surface area contributed by atoms with Crippen LogP contribution in [0, 0.1) is 35.0 Å². The van der Waals surface area contributed by atoms with Gasteiger partial charge in [-0.15, -0.1) is 0 Å². The molecule has 1 amide bonds. The molecule has 2 saturated heterocycles. The molecule has 11 nitrogen and oxygen atoms in total. The minimum atomic E-state index is -4.10. The van der Waals surface area contributed by atoms with Gasteiger partial charge in [-0.2, -0.15) is 5.26 Å². The minimum Gasteiger partial charge on any atom is -0.390 e.